The number of pyridine rings is 1. The Balaban J connectivity index is 1.67. The van der Waals surface area contributed by atoms with Gasteiger partial charge in [-0.25, -0.2) is 4.90 Å². The van der Waals surface area contributed by atoms with Crippen LogP contribution in [0.25, 0.3) is 0 Å². The molecule has 1 saturated heterocycles. The SMILES string of the molecule is CCOc1ccc(N2C(=O)C[C@H](NCc3cccnc3)C2=O)cc1. The second-order valence-corrected chi connectivity index (χ2v) is 5.49. The zero-order chi connectivity index (χ0) is 16.9. The minimum atomic E-state index is -0.510. The molecule has 2 aromatic rings. The van der Waals surface area contributed by atoms with Gasteiger partial charge in [-0.2, -0.15) is 0 Å². The summed E-state index contributed by atoms with van der Waals surface area (Å²) >= 11 is 0. The number of rotatable bonds is 6. The summed E-state index contributed by atoms with van der Waals surface area (Å²) < 4.78 is 5.38. The number of imide groups is 1. The summed E-state index contributed by atoms with van der Waals surface area (Å²) in [5.41, 5.74) is 1.54. The van der Waals surface area contributed by atoms with Crippen molar-refractivity contribution in [3.05, 3.63) is 54.4 Å². The Morgan fingerprint density at radius 1 is 1.25 bits per heavy atom. The Bertz CT molecular complexity index is 716. The van der Waals surface area contributed by atoms with Gasteiger partial charge in [-0.05, 0) is 42.8 Å². The molecule has 0 bridgehead atoms. The van der Waals surface area contributed by atoms with Crippen LogP contribution in [-0.2, 0) is 16.1 Å². The van der Waals surface area contributed by atoms with Gasteiger partial charge in [-0.1, -0.05) is 6.07 Å². The fourth-order valence-electron chi connectivity index (χ4n) is 2.66. The Morgan fingerprint density at radius 2 is 2.04 bits per heavy atom. The molecule has 124 valence electrons. The number of amides is 2. The van der Waals surface area contributed by atoms with Crippen molar-refractivity contribution in [3.63, 3.8) is 0 Å². The van der Waals surface area contributed by atoms with Crippen LogP contribution < -0.4 is 15.0 Å². The van der Waals surface area contributed by atoms with E-state index >= 15 is 0 Å². The van der Waals surface area contributed by atoms with Crippen molar-refractivity contribution in [2.45, 2.75) is 25.9 Å². The van der Waals surface area contributed by atoms with Crippen LogP contribution in [0.3, 0.4) is 0 Å². The third-order valence-electron chi connectivity index (χ3n) is 3.83. The fraction of sp³-hybridized carbons (Fsp3) is 0.278. The molecule has 24 heavy (non-hydrogen) atoms. The highest BCUT2D eigenvalue weighted by Gasteiger charge is 2.39. The van der Waals surface area contributed by atoms with E-state index in [0.717, 1.165) is 5.56 Å². The first-order valence-corrected chi connectivity index (χ1v) is 7.91. The Hall–Kier alpha value is -2.73. The highest BCUT2D eigenvalue weighted by Crippen LogP contribution is 2.25. The quantitative estimate of drug-likeness (QED) is 0.821. The van der Waals surface area contributed by atoms with Crippen molar-refractivity contribution >= 4 is 17.5 Å². The molecular weight excluding hydrogens is 306 g/mol. The van der Waals surface area contributed by atoms with Crippen molar-refractivity contribution in [1.29, 1.82) is 0 Å². The van der Waals surface area contributed by atoms with Crippen molar-refractivity contribution in [2.24, 2.45) is 0 Å². The van der Waals surface area contributed by atoms with Gasteiger partial charge < -0.3 is 10.1 Å². The third-order valence-corrected chi connectivity index (χ3v) is 3.83. The van der Waals surface area contributed by atoms with Crippen LogP contribution in [-0.4, -0.2) is 29.4 Å². The average molecular weight is 325 g/mol. The summed E-state index contributed by atoms with van der Waals surface area (Å²) in [6.45, 7) is 2.97. The van der Waals surface area contributed by atoms with E-state index in [1.165, 1.54) is 4.90 Å². The normalized spacial score (nSPS) is 17.4. The molecule has 3 rings (SSSR count). The minimum Gasteiger partial charge on any atom is -0.494 e. The van der Waals surface area contributed by atoms with Crippen LogP contribution in [0, 0.1) is 0 Å². The summed E-state index contributed by atoms with van der Waals surface area (Å²) in [4.78, 5) is 30.1. The molecule has 1 aliphatic heterocycles. The molecule has 2 amide bonds. The predicted molar refractivity (Wildman–Crippen MR) is 89.6 cm³/mol. The molecule has 1 atom stereocenters. The van der Waals surface area contributed by atoms with Gasteiger partial charge in [0.1, 0.15) is 5.75 Å². The molecule has 0 spiro atoms. The lowest BCUT2D eigenvalue weighted by molar-refractivity contribution is -0.121. The summed E-state index contributed by atoms with van der Waals surface area (Å²) in [6, 6.07) is 10.2. The molecule has 1 fully saturated rings. The van der Waals surface area contributed by atoms with Gasteiger partial charge in [0.2, 0.25) is 5.91 Å². The van der Waals surface area contributed by atoms with Crippen LogP contribution in [0.5, 0.6) is 5.75 Å². The molecule has 0 radical (unpaired) electrons. The van der Waals surface area contributed by atoms with E-state index in [9.17, 15) is 9.59 Å². The van der Waals surface area contributed by atoms with E-state index < -0.39 is 6.04 Å². The Labute approximate surface area is 140 Å². The first-order valence-electron chi connectivity index (χ1n) is 7.91. The zero-order valence-electron chi connectivity index (χ0n) is 13.4. The second kappa shape index (κ2) is 7.23. The number of hydrogen-bond acceptors (Lipinski definition) is 5. The average Bonchev–Trinajstić information content (AvgIpc) is 2.89. The molecule has 1 N–H and O–H groups in total. The smallest absolute Gasteiger partial charge is 0.251 e. The monoisotopic (exact) mass is 325 g/mol. The molecule has 6 heteroatoms. The third kappa shape index (κ3) is 3.44. The summed E-state index contributed by atoms with van der Waals surface area (Å²) in [5, 5.41) is 3.13. The number of benzene rings is 1. The molecule has 1 aromatic carbocycles. The van der Waals surface area contributed by atoms with Gasteiger partial charge in [-0.15, -0.1) is 0 Å². The Kier molecular flexibility index (Phi) is 4.86. The van der Waals surface area contributed by atoms with Gasteiger partial charge in [-0.3, -0.25) is 14.6 Å². The molecule has 1 aliphatic rings. The molecule has 0 saturated carbocycles. The predicted octanol–water partition coefficient (Wildman–Crippen LogP) is 1.90. The maximum absolute atomic E-state index is 12.5. The number of hydrogen-bond donors (Lipinski definition) is 1. The number of carbonyl (C=O) groups is 2. The number of anilines is 1. The zero-order valence-corrected chi connectivity index (χ0v) is 13.4. The summed E-state index contributed by atoms with van der Waals surface area (Å²) in [5.74, 6) is 0.285. The number of nitrogens with one attached hydrogen (secondary N) is 1. The molecule has 2 heterocycles. The van der Waals surface area contributed by atoms with E-state index in [2.05, 4.69) is 10.3 Å². The maximum Gasteiger partial charge on any atom is 0.251 e. The van der Waals surface area contributed by atoms with E-state index in [1.807, 2.05) is 19.1 Å². The van der Waals surface area contributed by atoms with Gasteiger partial charge in [0, 0.05) is 18.9 Å². The van der Waals surface area contributed by atoms with E-state index in [1.54, 1.807) is 36.7 Å². The van der Waals surface area contributed by atoms with Gasteiger partial charge >= 0.3 is 0 Å². The van der Waals surface area contributed by atoms with E-state index in [-0.39, 0.29) is 18.2 Å². The van der Waals surface area contributed by atoms with Crippen molar-refractivity contribution < 1.29 is 14.3 Å². The van der Waals surface area contributed by atoms with Crippen LogP contribution in [0.15, 0.2) is 48.8 Å². The topological polar surface area (TPSA) is 71.5 Å². The first-order chi connectivity index (χ1) is 11.7. The van der Waals surface area contributed by atoms with E-state index in [0.29, 0.717) is 24.6 Å². The largest absolute Gasteiger partial charge is 0.494 e. The van der Waals surface area contributed by atoms with Crippen LogP contribution >= 0.6 is 0 Å². The minimum absolute atomic E-state index is 0.159. The first kappa shape index (κ1) is 16.1. The standard InChI is InChI=1S/C18H19N3O3/c1-2-24-15-7-5-14(6-8-15)21-17(22)10-16(18(21)23)20-12-13-4-3-9-19-11-13/h3-9,11,16,20H,2,10,12H2,1H3/t16-/m0/s1. The molecule has 0 aliphatic carbocycles. The molecule has 0 unspecified atom stereocenters. The van der Waals surface area contributed by atoms with Crippen LogP contribution in [0.1, 0.15) is 18.9 Å². The lowest BCUT2D eigenvalue weighted by atomic mass is 10.2. The van der Waals surface area contributed by atoms with Gasteiger partial charge in [0.25, 0.3) is 5.91 Å². The number of nitrogens with zero attached hydrogens (tertiary/aromatic N) is 2. The number of carbonyl (C=O) groups excluding carboxylic acids is 2. The second-order valence-electron chi connectivity index (χ2n) is 5.49. The van der Waals surface area contributed by atoms with E-state index in [4.69, 9.17) is 4.74 Å². The number of ether oxygens (including phenoxy) is 1. The highest BCUT2D eigenvalue weighted by molar-refractivity contribution is 6.22. The number of aromatic nitrogens is 1. The summed E-state index contributed by atoms with van der Waals surface area (Å²) in [7, 11) is 0. The molecule has 1 aromatic heterocycles. The fourth-order valence-corrected chi connectivity index (χ4v) is 2.66. The highest BCUT2D eigenvalue weighted by atomic mass is 16.5. The lowest BCUT2D eigenvalue weighted by Crippen LogP contribution is -2.38. The molecule has 6 nitrogen and oxygen atoms in total. The van der Waals surface area contributed by atoms with Crippen molar-refractivity contribution in [1.82, 2.24) is 10.3 Å². The van der Waals surface area contributed by atoms with Crippen molar-refractivity contribution in [3.8, 4) is 5.75 Å². The van der Waals surface area contributed by atoms with Crippen LogP contribution in [0.4, 0.5) is 5.69 Å². The van der Waals surface area contributed by atoms with Gasteiger partial charge in [0.05, 0.1) is 24.8 Å². The maximum atomic E-state index is 12.5. The van der Waals surface area contributed by atoms with Crippen molar-refractivity contribution in [2.75, 3.05) is 11.5 Å². The molecular formula is C18H19N3O3. The Morgan fingerprint density at radius 3 is 2.71 bits per heavy atom. The van der Waals surface area contributed by atoms with Gasteiger partial charge in [0.15, 0.2) is 0 Å². The van der Waals surface area contributed by atoms with Crippen LogP contribution in [0.2, 0.25) is 0 Å². The summed E-state index contributed by atoms with van der Waals surface area (Å²) in [6.07, 6.45) is 3.59. The lowest BCUT2D eigenvalue weighted by Gasteiger charge is -2.16.